The Hall–Kier alpha value is -3.86. The standard InChI is InChI=1S/C23H19F4N7/c1-2-29-17-6-13(24)5-15-14(17)7-18-21(15)22(34-4-3-19(33-34)23(25,26)27)16(11-30-18)12-9-31-20(8-28)32-10-12/h3-6,9-11,29H,2,7-8,28H2,1H3. The maximum absolute atomic E-state index is 14.6. The molecule has 3 heterocycles. The fourth-order valence-corrected chi connectivity index (χ4v) is 4.17. The fourth-order valence-electron chi connectivity index (χ4n) is 4.17. The van der Waals surface area contributed by atoms with Crippen LogP contribution < -0.4 is 11.1 Å². The van der Waals surface area contributed by atoms with Gasteiger partial charge in [-0.2, -0.15) is 18.3 Å². The fraction of sp³-hybridized carbons (Fsp3) is 0.217. The number of hydrogen-bond acceptors (Lipinski definition) is 6. The van der Waals surface area contributed by atoms with Crippen molar-refractivity contribution in [3.63, 3.8) is 0 Å². The number of hydrogen-bond donors (Lipinski definition) is 2. The normalized spacial score (nSPS) is 12.5. The van der Waals surface area contributed by atoms with Gasteiger partial charge in [0, 0.05) is 60.1 Å². The third-order valence-electron chi connectivity index (χ3n) is 5.63. The van der Waals surface area contributed by atoms with Crippen LogP contribution in [0.4, 0.5) is 23.2 Å². The molecule has 7 nitrogen and oxygen atoms in total. The second-order valence-corrected chi connectivity index (χ2v) is 7.76. The predicted molar refractivity (Wildman–Crippen MR) is 118 cm³/mol. The molecule has 1 aliphatic rings. The van der Waals surface area contributed by atoms with Crippen molar-refractivity contribution in [2.45, 2.75) is 26.1 Å². The van der Waals surface area contributed by atoms with Crippen molar-refractivity contribution in [2.75, 3.05) is 11.9 Å². The molecule has 0 bridgehead atoms. The van der Waals surface area contributed by atoms with Crippen molar-refractivity contribution >= 4 is 5.69 Å². The lowest BCUT2D eigenvalue weighted by molar-refractivity contribution is -0.141. The first-order chi connectivity index (χ1) is 16.3. The highest BCUT2D eigenvalue weighted by atomic mass is 19.4. The number of halogens is 4. The molecule has 0 saturated carbocycles. The largest absolute Gasteiger partial charge is 0.435 e. The lowest BCUT2D eigenvalue weighted by Crippen LogP contribution is -2.09. The van der Waals surface area contributed by atoms with Crippen LogP contribution in [0.1, 0.15) is 29.7 Å². The average Bonchev–Trinajstić information content (AvgIpc) is 3.44. The van der Waals surface area contributed by atoms with E-state index in [4.69, 9.17) is 5.73 Å². The van der Waals surface area contributed by atoms with Crippen LogP contribution >= 0.6 is 0 Å². The molecule has 0 fully saturated rings. The molecule has 0 atom stereocenters. The molecule has 0 spiro atoms. The zero-order valence-corrected chi connectivity index (χ0v) is 18.0. The third kappa shape index (κ3) is 3.67. The summed E-state index contributed by atoms with van der Waals surface area (Å²) in [6, 6.07) is 3.68. The molecule has 5 rings (SSSR count). The number of nitrogens with zero attached hydrogens (tertiary/aromatic N) is 5. The van der Waals surface area contributed by atoms with Gasteiger partial charge in [-0.1, -0.05) is 0 Å². The van der Waals surface area contributed by atoms with Gasteiger partial charge in [-0.3, -0.25) is 4.98 Å². The Labute approximate surface area is 191 Å². The molecular formula is C23H19F4N7. The van der Waals surface area contributed by atoms with Gasteiger partial charge in [0.25, 0.3) is 0 Å². The molecule has 0 unspecified atom stereocenters. The minimum absolute atomic E-state index is 0.142. The second kappa shape index (κ2) is 8.17. The van der Waals surface area contributed by atoms with E-state index >= 15 is 0 Å². The topological polar surface area (TPSA) is 94.5 Å². The molecule has 34 heavy (non-hydrogen) atoms. The van der Waals surface area contributed by atoms with E-state index in [0.29, 0.717) is 58.1 Å². The van der Waals surface area contributed by atoms with Crippen molar-refractivity contribution in [3.8, 4) is 27.9 Å². The number of anilines is 1. The summed E-state index contributed by atoms with van der Waals surface area (Å²) in [6.45, 7) is 2.62. The van der Waals surface area contributed by atoms with E-state index in [1.807, 2.05) is 6.92 Å². The highest BCUT2D eigenvalue weighted by molar-refractivity contribution is 5.91. The van der Waals surface area contributed by atoms with Gasteiger partial charge in [0.1, 0.15) is 11.6 Å². The first-order valence-electron chi connectivity index (χ1n) is 10.5. The maximum atomic E-state index is 14.6. The van der Waals surface area contributed by atoms with Crippen molar-refractivity contribution in [1.82, 2.24) is 24.7 Å². The van der Waals surface area contributed by atoms with E-state index in [-0.39, 0.29) is 6.54 Å². The Kier molecular flexibility index (Phi) is 5.28. The summed E-state index contributed by atoms with van der Waals surface area (Å²) in [7, 11) is 0. The van der Waals surface area contributed by atoms with Crippen LogP contribution in [0.25, 0.3) is 27.9 Å². The number of fused-ring (bicyclic) bond motifs is 3. The zero-order valence-electron chi connectivity index (χ0n) is 18.0. The van der Waals surface area contributed by atoms with Crippen LogP contribution in [0.3, 0.4) is 0 Å². The summed E-state index contributed by atoms with van der Waals surface area (Å²) in [5.74, 6) is -0.0495. The summed E-state index contributed by atoms with van der Waals surface area (Å²) in [6.07, 6.45) is 1.63. The molecule has 3 aromatic heterocycles. The van der Waals surface area contributed by atoms with E-state index in [1.165, 1.54) is 30.7 Å². The van der Waals surface area contributed by atoms with Gasteiger partial charge < -0.3 is 11.1 Å². The lowest BCUT2D eigenvalue weighted by atomic mass is 9.99. The molecule has 0 radical (unpaired) electrons. The molecule has 0 amide bonds. The Balaban J connectivity index is 1.79. The monoisotopic (exact) mass is 469 g/mol. The predicted octanol–water partition coefficient (Wildman–Crippen LogP) is 4.34. The first-order valence-corrected chi connectivity index (χ1v) is 10.5. The van der Waals surface area contributed by atoms with Gasteiger partial charge in [0.15, 0.2) is 5.69 Å². The maximum Gasteiger partial charge on any atom is 0.435 e. The van der Waals surface area contributed by atoms with Crippen LogP contribution in [0.15, 0.2) is 43.0 Å². The van der Waals surface area contributed by atoms with Gasteiger partial charge in [0.2, 0.25) is 0 Å². The lowest BCUT2D eigenvalue weighted by Gasteiger charge is -2.16. The number of nitrogens with two attached hydrogens (primary N) is 1. The quantitative estimate of drug-likeness (QED) is 0.372. The SMILES string of the molecule is CCNc1cc(F)cc2c1Cc1ncc(-c3cnc(CN)nc3)c(-n3ccc(C(F)(F)F)n3)c1-2. The molecule has 0 aliphatic heterocycles. The van der Waals surface area contributed by atoms with E-state index in [2.05, 4.69) is 25.4 Å². The van der Waals surface area contributed by atoms with Crippen molar-refractivity contribution in [1.29, 1.82) is 0 Å². The Morgan fingerprint density at radius 1 is 1.09 bits per heavy atom. The molecule has 11 heteroatoms. The van der Waals surface area contributed by atoms with Crippen LogP contribution in [0, 0.1) is 5.82 Å². The molecule has 0 saturated heterocycles. The number of aromatic nitrogens is 5. The van der Waals surface area contributed by atoms with Crippen molar-refractivity contribution in [2.24, 2.45) is 5.73 Å². The Morgan fingerprint density at radius 3 is 2.50 bits per heavy atom. The van der Waals surface area contributed by atoms with E-state index < -0.39 is 17.7 Å². The molecule has 1 aliphatic carbocycles. The third-order valence-corrected chi connectivity index (χ3v) is 5.63. The van der Waals surface area contributed by atoms with E-state index in [0.717, 1.165) is 16.3 Å². The molecule has 174 valence electrons. The van der Waals surface area contributed by atoms with Crippen LogP contribution in [-0.2, 0) is 19.1 Å². The van der Waals surface area contributed by atoms with Crippen molar-refractivity contribution in [3.05, 3.63) is 71.6 Å². The summed E-state index contributed by atoms with van der Waals surface area (Å²) in [4.78, 5) is 13.0. The summed E-state index contributed by atoms with van der Waals surface area (Å²) in [5, 5.41) is 6.95. The minimum atomic E-state index is -4.62. The Bertz CT molecular complexity index is 1380. The molecule has 4 aromatic rings. The van der Waals surface area contributed by atoms with E-state index in [9.17, 15) is 17.6 Å². The van der Waals surface area contributed by atoms with Gasteiger partial charge in [-0.25, -0.2) is 19.0 Å². The number of pyridine rings is 1. The first kappa shape index (κ1) is 22.0. The van der Waals surface area contributed by atoms with Crippen LogP contribution in [0.2, 0.25) is 0 Å². The number of rotatable bonds is 5. The van der Waals surface area contributed by atoms with Gasteiger partial charge in [-0.15, -0.1) is 0 Å². The minimum Gasteiger partial charge on any atom is -0.385 e. The van der Waals surface area contributed by atoms with Crippen LogP contribution in [0.5, 0.6) is 0 Å². The summed E-state index contributed by atoms with van der Waals surface area (Å²) in [5.41, 5.74) is 8.99. The highest BCUT2D eigenvalue weighted by Gasteiger charge is 2.35. The molecule has 3 N–H and O–H groups in total. The highest BCUT2D eigenvalue weighted by Crippen LogP contribution is 2.46. The molecular weight excluding hydrogens is 450 g/mol. The van der Waals surface area contributed by atoms with Gasteiger partial charge in [-0.05, 0) is 36.2 Å². The summed E-state index contributed by atoms with van der Waals surface area (Å²) >= 11 is 0. The number of alkyl halides is 3. The Morgan fingerprint density at radius 2 is 1.85 bits per heavy atom. The van der Waals surface area contributed by atoms with Crippen molar-refractivity contribution < 1.29 is 17.6 Å². The van der Waals surface area contributed by atoms with Gasteiger partial charge in [0.05, 0.1) is 17.9 Å². The zero-order chi connectivity index (χ0) is 24.0. The number of benzene rings is 1. The average molecular weight is 469 g/mol. The van der Waals surface area contributed by atoms with Crippen LogP contribution in [-0.4, -0.2) is 31.3 Å². The second-order valence-electron chi connectivity index (χ2n) is 7.76. The number of nitrogens with one attached hydrogen (secondary N) is 1. The van der Waals surface area contributed by atoms with E-state index in [1.54, 1.807) is 6.20 Å². The smallest absolute Gasteiger partial charge is 0.385 e. The summed E-state index contributed by atoms with van der Waals surface area (Å²) < 4.78 is 55.8. The molecule has 1 aromatic carbocycles. The van der Waals surface area contributed by atoms with Gasteiger partial charge >= 0.3 is 6.18 Å².